The summed E-state index contributed by atoms with van der Waals surface area (Å²) < 4.78 is 20.5. The van der Waals surface area contributed by atoms with Crippen LogP contribution in [-0.4, -0.2) is 32.1 Å². The summed E-state index contributed by atoms with van der Waals surface area (Å²) in [5, 5.41) is 35.3. The summed E-state index contributed by atoms with van der Waals surface area (Å²) in [5.41, 5.74) is -2.34. The molecule has 0 saturated heterocycles. The molecule has 0 bridgehead atoms. The van der Waals surface area contributed by atoms with Crippen LogP contribution in [-0.2, 0) is 13.6 Å². The standard InChI is InChI=1S/C42H69O6P/c1-34(2,3)28-25-40(43,37(10,11)12)22-19-31(28)46-49(47-32-20-23-41(44,38(13,14)15)26-29(32)35(4,5)6)48-33-21-24-42(45,39(16,17)18)27-30(33)36(7,8)9/h19-24,43-45H,25-27H2,1-18H3. The molecular weight excluding hydrogens is 631 g/mol. The maximum atomic E-state index is 11.8. The zero-order valence-corrected chi connectivity index (χ0v) is 35.0. The first-order chi connectivity index (χ1) is 21.6. The molecule has 0 heterocycles. The van der Waals surface area contributed by atoms with E-state index in [0.29, 0.717) is 36.5 Å². The lowest BCUT2D eigenvalue weighted by atomic mass is 9.67. The van der Waals surface area contributed by atoms with Crippen molar-refractivity contribution in [3.05, 3.63) is 70.5 Å². The molecule has 0 amide bonds. The first-order valence-corrected chi connectivity index (χ1v) is 19.0. The summed E-state index contributed by atoms with van der Waals surface area (Å²) in [6.45, 7) is 37.6. The van der Waals surface area contributed by atoms with Crippen molar-refractivity contribution >= 4 is 8.60 Å². The summed E-state index contributed by atoms with van der Waals surface area (Å²) in [6.07, 6.45) is 12.4. The van der Waals surface area contributed by atoms with Crippen molar-refractivity contribution in [3.8, 4) is 0 Å². The van der Waals surface area contributed by atoms with E-state index >= 15 is 0 Å². The minimum absolute atomic E-state index is 0.312. The molecule has 0 aromatic rings. The maximum absolute atomic E-state index is 11.8. The van der Waals surface area contributed by atoms with Crippen LogP contribution in [0.4, 0.5) is 0 Å². The SMILES string of the molecule is CC(C)(C)C1=C(OP(OC2=C(C(C)(C)C)CC(O)(C(C)(C)C)C=C2)OC2=C(C(C)(C)C)CC(O)(C(C)(C)C)C=C2)C=CC(O)(C(C)(C)C)C1. The molecular formula is C42H69O6P. The Morgan fingerprint density at radius 3 is 0.796 bits per heavy atom. The van der Waals surface area contributed by atoms with Gasteiger partial charge >= 0.3 is 8.60 Å². The molecule has 3 unspecified atom stereocenters. The van der Waals surface area contributed by atoms with E-state index in [4.69, 9.17) is 13.6 Å². The molecule has 49 heavy (non-hydrogen) atoms. The lowest BCUT2D eigenvalue weighted by Crippen LogP contribution is -2.44. The van der Waals surface area contributed by atoms with Gasteiger partial charge in [0.25, 0.3) is 0 Å². The van der Waals surface area contributed by atoms with Gasteiger partial charge in [-0.15, -0.1) is 0 Å². The van der Waals surface area contributed by atoms with Crippen molar-refractivity contribution in [2.75, 3.05) is 0 Å². The van der Waals surface area contributed by atoms with Gasteiger partial charge in [-0.25, -0.2) is 0 Å². The molecule has 0 spiro atoms. The average Bonchev–Trinajstić information content (AvgIpc) is 2.88. The first-order valence-electron chi connectivity index (χ1n) is 17.9. The van der Waals surface area contributed by atoms with Crippen molar-refractivity contribution in [2.24, 2.45) is 32.5 Å². The van der Waals surface area contributed by atoms with Gasteiger partial charge in [-0.2, -0.15) is 0 Å². The van der Waals surface area contributed by atoms with Crippen molar-refractivity contribution in [1.82, 2.24) is 0 Å². The van der Waals surface area contributed by atoms with Crippen LogP contribution in [0, 0.1) is 32.5 Å². The third-order valence-electron chi connectivity index (χ3n) is 10.9. The Bertz CT molecular complexity index is 1270. The molecule has 0 aromatic heterocycles. The topological polar surface area (TPSA) is 88.4 Å². The predicted octanol–water partition coefficient (Wildman–Crippen LogP) is 11.4. The van der Waals surface area contributed by atoms with Crippen molar-refractivity contribution in [1.29, 1.82) is 0 Å². The highest BCUT2D eigenvalue weighted by atomic mass is 31.2. The second-order valence-electron chi connectivity index (χ2n) is 20.8. The Labute approximate surface area is 300 Å². The lowest BCUT2D eigenvalue weighted by molar-refractivity contribution is -0.0200. The zero-order valence-electron chi connectivity index (χ0n) is 34.1. The van der Waals surface area contributed by atoms with Crippen LogP contribution in [0.5, 0.6) is 0 Å². The third kappa shape index (κ3) is 8.97. The Morgan fingerprint density at radius 1 is 0.429 bits per heavy atom. The van der Waals surface area contributed by atoms with E-state index in [1.54, 1.807) is 0 Å². The largest absolute Gasteiger partial charge is 0.530 e. The molecule has 3 N–H and O–H groups in total. The van der Waals surface area contributed by atoms with Crippen LogP contribution in [0.1, 0.15) is 144 Å². The van der Waals surface area contributed by atoms with Crippen LogP contribution in [0.15, 0.2) is 70.5 Å². The van der Waals surface area contributed by atoms with Crippen molar-refractivity contribution < 1.29 is 28.9 Å². The molecule has 278 valence electrons. The average molecular weight is 701 g/mol. The Morgan fingerprint density at radius 2 is 0.633 bits per heavy atom. The van der Waals surface area contributed by atoms with E-state index in [-0.39, 0.29) is 16.2 Å². The molecule has 3 rings (SSSR count). The van der Waals surface area contributed by atoms with Crippen LogP contribution < -0.4 is 0 Å². The van der Waals surface area contributed by atoms with Crippen molar-refractivity contribution in [3.63, 3.8) is 0 Å². The number of aliphatic hydroxyl groups is 3. The number of hydrogen-bond acceptors (Lipinski definition) is 6. The molecule has 0 aromatic carbocycles. The van der Waals surface area contributed by atoms with Gasteiger partial charge in [0.2, 0.25) is 0 Å². The highest BCUT2D eigenvalue weighted by Gasteiger charge is 2.47. The second kappa shape index (κ2) is 13.0. The molecule has 3 aliphatic rings. The monoisotopic (exact) mass is 700 g/mol. The van der Waals surface area contributed by atoms with E-state index in [1.807, 2.05) is 98.8 Å². The third-order valence-corrected chi connectivity index (χ3v) is 11.9. The summed E-state index contributed by atoms with van der Waals surface area (Å²) in [6, 6.07) is 0. The molecule has 6 nitrogen and oxygen atoms in total. The van der Waals surface area contributed by atoms with Gasteiger partial charge in [-0.1, -0.05) is 125 Å². The van der Waals surface area contributed by atoms with E-state index in [9.17, 15) is 15.3 Å². The van der Waals surface area contributed by atoms with Crippen LogP contribution in [0.2, 0.25) is 0 Å². The minimum atomic E-state index is -2.10. The fraction of sp³-hybridized carbons (Fsp3) is 0.714. The van der Waals surface area contributed by atoms with Gasteiger partial charge in [0.1, 0.15) is 17.3 Å². The fourth-order valence-electron chi connectivity index (χ4n) is 6.19. The number of rotatable bonds is 6. The minimum Gasteiger partial charge on any atom is -0.409 e. The van der Waals surface area contributed by atoms with Crippen LogP contribution >= 0.6 is 8.60 Å². The summed E-state index contributed by atoms with van der Waals surface area (Å²) >= 11 is 0. The lowest BCUT2D eigenvalue weighted by Gasteiger charge is -2.44. The van der Waals surface area contributed by atoms with E-state index in [0.717, 1.165) is 16.7 Å². The summed E-state index contributed by atoms with van der Waals surface area (Å²) in [5.74, 6) is 1.88. The predicted molar refractivity (Wildman–Crippen MR) is 204 cm³/mol. The highest BCUT2D eigenvalue weighted by Crippen LogP contribution is 2.57. The van der Waals surface area contributed by atoms with Crippen LogP contribution in [0.3, 0.4) is 0 Å². The summed E-state index contributed by atoms with van der Waals surface area (Å²) in [4.78, 5) is 0. The molecule has 7 heteroatoms. The van der Waals surface area contributed by atoms with Gasteiger partial charge in [-0.3, -0.25) is 0 Å². The molecule has 0 fully saturated rings. The fourth-order valence-corrected chi connectivity index (χ4v) is 7.30. The number of allylic oxidation sites excluding steroid dienone is 3. The first kappa shape index (κ1) is 41.6. The second-order valence-corrected chi connectivity index (χ2v) is 21.8. The van der Waals surface area contributed by atoms with E-state index in [1.165, 1.54) is 0 Å². The Kier molecular flexibility index (Phi) is 11.0. The normalized spacial score (nSPS) is 28.3. The van der Waals surface area contributed by atoms with E-state index < -0.39 is 41.7 Å². The van der Waals surface area contributed by atoms with Gasteiger partial charge in [-0.05, 0) is 85.7 Å². The Hall–Kier alpha value is -1.85. The maximum Gasteiger partial charge on any atom is 0.530 e. The van der Waals surface area contributed by atoms with Crippen molar-refractivity contribution in [2.45, 2.75) is 161 Å². The molecule has 0 aliphatic heterocycles. The highest BCUT2D eigenvalue weighted by molar-refractivity contribution is 7.42. The van der Waals surface area contributed by atoms with Gasteiger partial charge < -0.3 is 28.9 Å². The van der Waals surface area contributed by atoms with Crippen LogP contribution in [0.25, 0.3) is 0 Å². The summed E-state index contributed by atoms with van der Waals surface area (Å²) in [7, 11) is -2.10. The molecule has 0 saturated carbocycles. The van der Waals surface area contributed by atoms with Gasteiger partial charge in [0.15, 0.2) is 0 Å². The molecule has 0 radical (unpaired) electrons. The molecule has 3 atom stereocenters. The van der Waals surface area contributed by atoms with Gasteiger partial charge in [0, 0.05) is 19.3 Å². The smallest absolute Gasteiger partial charge is 0.409 e. The van der Waals surface area contributed by atoms with Gasteiger partial charge in [0.05, 0.1) is 16.8 Å². The molecule has 3 aliphatic carbocycles. The van der Waals surface area contributed by atoms with E-state index in [2.05, 4.69) is 62.3 Å². The zero-order chi connectivity index (χ0) is 38.0. The number of hydrogen-bond donors (Lipinski definition) is 3. The Balaban J connectivity index is 2.22. The quantitative estimate of drug-likeness (QED) is 0.239.